The van der Waals surface area contributed by atoms with Gasteiger partial charge in [0.15, 0.2) is 6.61 Å². The van der Waals surface area contributed by atoms with Gasteiger partial charge in [-0.05, 0) is 49.2 Å². The van der Waals surface area contributed by atoms with Crippen LogP contribution >= 0.6 is 0 Å². The number of aliphatic carboxylic acids is 1. The van der Waals surface area contributed by atoms with Gasteiger partial charge in [-0.15, -0.1) is 0 Å². The molecule has 6 heteroatoms. The molecule has 31 heavy (non-hydrogen) atoms. The van der Waals surface area contributed by atoms with Crippen LogP contribution in [0.1, 0.15) is 62.8 Å². The third-order valence-electron chi connectivity index (χ3n) is 6.40. The van der Waals surface area contributed by atoms with E-state index in [9.17, 15) is 9.90 Å². The first-order valence-electron chi connectivity index (χ1n) is 10.5. The summed E-state index contributed by atoms with van der Waals surface area (Å²) >= 11 is 0. The smallest absolute Gasteiger partial charge is 0.341 e. The number of phenols is 1. The number of hydrogen-bond donors (Lipinski definition) is 2. The highest BCUT2D eigenvalue weighted by Crippen LogP contribution is 2.55. The van der Waals surface area contributed by atoms with Crippen molar-refractivity contribution >= 4 is 5.97 Å². The van der Waals surface area contributed by atoms with Crippen molar-refractivity contribution in [2.45, 2.75) is 71.0 Å². The van der Waals surface area contributed by atoms with E-state index in [0.29, 0.717) is 18.6 Å². The number of benzene rings is 2. The number of ether oxygens (including phenoxy) is 3. The van der Waals surface area contributed by atoms with Gasteiger partial charge in [0.2, 0.25) is 0 Å². The second-order valence-electron chi connectivity index (χ2n) is 10.2. The fraction of sp³-hybridized carbons (Fsp3) is 0.480. The van der Waals surface area contributed by atoms with Gasteiger partial charge in [0.25, 0.3) is 5.79 Å². The lowest BCUT2D eigenvalue weighted by molar-refractivity contribution is -0.166. The fourth-order valence-corrected chi connectivity index (χ4v) is 5.02. The Morgan fingerprint density at radius 2 is 1.45 bits per heavy atom. The third-order valence-corrected chi connectivity index (χ3v) is 6.40. The molecule has 0 fully saturated rings. The molecule has 2 aliphatic heterocycles. The predicted molar refractivity (Wildman–Crippen MR) is 116 cm³/mol. The maximum Gasteiger partial charge on any atom is 0.341 e. The number of carbonyl (C=O) groups is 1. The van der Waals surface area contributed by atoms with E-state index in [-0.39, 0.29) is 23.2 Å². The molecule has 0 aromatic heterocycles. The summed E-state index contributed by atoms with van der Waals surface area (Å²) < 4.78 is 18.6. The second kappa shape index (κ2) is 6.81. The molecule has 6 nitrogen and oxygen atoms in total. The number of aryl methyl sites for hydroxylation is 2. The minimum atomic E-state index is -1.01. The van der Waals surface area contributed by atoms with Gasteiger partial charge in [-0.1, -0.05) is 27.7 Å². The van der Waals surface area contributed by atoms with Gasteiger partial charge in [-0.3, -0.25) is 0 Å². The van der Waals surface area contributed by atoms with Crippen LogP contribution in [0.2, 0.25) is 0 Å². The van der Waals surface area contributed by atoms with Crippen LogP contribution in [-0.4, -0.2) is 28.6 Å². The maximum absolute atomic E-state index is 10.9. The molecule has 2 heterocycles. The van der Waals surface area contributed by atoms with Crippen LogP contribution in [0.4, 0.5) is 0 Å². The number of carboxylic acids is 1. The van der Waals surface area contributed by atoms with Gasteiger partial charge in [0.05, 0.1) is 0 Å². The summed E-state index contributed by atoms with van der Waals surface area (Å²) in [6, 6.07) is 7.48. The standard InChI is InChI=1S/C25H30O6/c1-14-7-20-16(9-18(14)26)23(3,4)12-25(30-20)13-24(5,6)17-10-19(29-11-22(27)28)15(2)8-21(17)31-25/h7-10,26H,11-13H2,1-6H3,(H,27,28)/t25-/m0/s1. The predicted octanol–water partition coefficient (Wildman–Crippen LogP) is 4.99. The van der Waals surface area contributed by atoms with Crippen molar-refractivity contribution in [3.05, 3.63) is 46.5 Å². The molecule has 2 aromatic carbocycles. The summed E-state index contributed by atoms with van der Waals surface area (Å²) in [5.41, 5.74) is 2.97. The van der Waals surface area contributed by atoms with Crippen molar-refractivity contribution in [3.8, 4) is 23.0 Å². The van der Waals surface area contributed by atoms with E-state index in [4.69, 9.17) is 19.3 Å². The average molecular weight is 427 g/mol. The Morgan fingerprint density at radius 1 is 0.935 bits per heavy atom. The Labute approximate surface area is 182 Å². The normalized spacial score (nSPS) is 22.6. The lowest BCUT2D eigenvalue weighted by atomic mass is 9.69. The van der Waals surface area contributed by atoms with E-state index < -0.39 is 11.8 Å². The zero-order chi connectivity index (χ0) is 22.8. The lowest BCUT2D eigenvalue weighted by Crippen LogP contribution is -2.55. The maximum atomic E-state index is 10.9. The molecular weight excluding hydrogens is 396 g/mol. The van der Waals surface area contributed by atoms with E-state index in [1.165, 1.54) is 0 Å². The SMILES string of the molecule is Cc1cc2c(cc1O)C(C)(C)C[C@]1(CC(C)(C)c3cc(OCC(=O)O)c(C)cc3O1)O2. The molecule has 0 saturated carbocycles. The summed E-state index contributed by atoms with van der Waals surface area (Å²) in [7, 11) is 0. The Balaban J connectivity index is 1.76. The Bertz CT molecular complexity index is 1070. The van der Waals surface area contributed by atoms with Gasteiger partial charge in [0, 0.05) is 34.8 Å². The van der Waals surface area contributed by atoms with Crippen LogP contribution < -0.4 is 14.2 Å². The van der Waals surface area contributed by atoms with Crippen LogP contribution in [0.3, 0.4) is 0 Å². The number of fused-ring (bicyclic) bond motifs is 2. The number of carboxylic acid groups (broad SMARTS) is 1. The first kappa shape index (κ1) is 21.3. The minimum Gasteiger partial charge on any atom is -0.508 e. The zero-order valence-corrected chi connectivity index (χ0v) is 19.0. The molecule has 2 aromatic rings. The van der Waals surface area contributed by atoms with Crippen LogP contribution in [-0.2, 0) is 15.6 Å². The highest BCUT2D eigenvalue weighted by molar-refractivity contribution is 5.68. The van der Waals surface area contributed by atoms with Crippen molar-refractivity contribution < 1.29 is 29.2 Å². The largest absolute Gasteiger partial charge is 0.508 e. The average Bonchev–Trinajstić information content (AvgIpc) is 2.60. The summed E-state index contributed by atoms with van der Waals surface area (Å²) in [6.45, 7) is 11.9. The molecule has 0 amide bonds. The van der Waals surface area contributed by atoms with Gasteiger partial charge < -0.3 is 24.4 Å². The van der Waals surface area contributed by atoms with Gasteiger partial charge in [-0.25, -0.2) is 4.79 Å². The molecule has 0 aliphatic carbocycles. The van der Waals surface area contributed by atoms with E-state index in [1.54, 1.807) is 6.07 Å². The Morgan fingerprint density at radius 3 is 2.00 bits per heavy atom. The first-order chi connectivity index (χ1) is 14.3. The topological polar surface area (TPSA) is 85.2 Å². The lowest BCUT2D eigenvalue weighted by Gasteiger charge is -2.51. The van der Waals surface area contributed by atoms with Crippen LogP contribution in [0.25, 0.3) is 0 Å². The van der Waals surface area contributed by atoms with Gasteiger partial charge in [0.1, 0.15) is 23.0 Å². The Hall–Kier alpha value is -2.89. The molecule has 1 atom stereocenters. The van der Waals surface area contributed by atoms with E-state index >= 15 is 0 Å². The van der Waals surface area contributed by atoms with Crippen molar-refractivity contribution in [1.29, 1.82) is 0 Å². The molecule has 0 saturated heterocycles. The van der Waals surface area contributed by atoms with Crippen LogP contribution in [0, 0.1) is 13.8 Å². The molecule has 0 bridgehead atoms. The monoisotopic (exact) mass is 426 g/mol. The number of phenolic OH excluding ortho intramolecular Hbond substituents is 1. The number of aromatic hydroxyl groups is 1. The zero-order valence-electron chi connectivity index (χ0n) is 19.0. The second-order valence-corrected chi connectivity index (χ2v) is 10.2. The molecule has 166 valence electrons. The van der Waals surface area contributed by atoms with Gasteiger partial charge >= 0.3 is 5.97 Å². The minimum absolute atomic E-state index is 0.258. The molecule has 1 spiro atoms. The molecule has 2 N–H and O–H groups in total. The molecular formula is C25H30O6. The van der Waals surface area contributed by atoms with Crippen molar-refractivity contribution in [2.75, 3.05) is 6.61 Å². The fourth-order valence-electron chi connectivity index (χ4n) is 5.02. The first-order valence-corrected chi connectivity index (χ1v) is 10.5. The summed E-state index contributed by atoms with van der Waals surface area (Å²) in [4.78, 5) is 10.9. The summed E-state index contributed by atoms with van der Waals surface area (Å²) in [5.74, 6) is 0.438. The highest BCUT2D eigenvalue weighted by atomic mass is 16.7. The molecule has 0 unspecified atom stereocenters. The van der Waals surface area contributed by atoms with Gasteiger partial charge in [-0.2, -0.15) is 0 Å². The summed E-state index contributed by atoms with van der Waals surface area (Å²) in [6.07, 6.45) is 1.26. The molecule has 4 rings (SSSR count). The molecule has 0 radical (unpaired) electrons. The van der Waals surface area contributed by atoms with E-state index in [0.717, 1.165) is 33.8 Å². The van der Waals surface area contributed by atoms with Crippen molar-refractivity contribution in [2.24, 2.45) is 0 Å². The Kier molecular flexibility index (Phi) is 4.69. The molecule has 2 aliphatic rings. The van der Waals surface area contributed by atoms with E-state index in [1.807, 2.05) is 32.0 Å². The van der Waals surface area contributed by atoms with E-state index in [2.05, 4.69) is 27.7 Å². The summed E-state index contributed by atoms with van der Waals surface area (Å²) in [5, 5.41) is 19.2. The van der Waals surface area contributed by atoms with Crippen LogP contribution in [0.15, 0.2) is 24.3 Å². The van der Waals surface area contributed by atoms with Crippen LogP contribution in [0.5, 0.6) is 23.0 Å². The highest BCUT2D eigenvalue weighted by Gasteiger charge is 2.53. The number of rotatable bonds is 3. The number of hydrogen-bond acceptors (Lipinski definition) is 5. The quantitative estimate of drug-likeness (QED) is 0.719. The van der Waals surface area contributed by atoms with Crippen molar-refractivity contribution in [3.63, 3.8) is 0 Å². The third kappa shape index (κ3) is 3.68. The van der Waals surface area contributed by atoms with Crippen molar-refractivity contribution in [1.82, 2.24) is 0 Å².